The van der Waals surface area contributed by atoms with Gasteiger partial charge in [0.25, 0.3) is 5.91 Å². The maximum Gasteiger partial charge on any atom is 0.283 e. The van der Waals surface area contributed by atoms with Gasteiger partial charge in [0.2, 0.25) is 5.17 Å². The molecule has 1 amide bonds. The summed E-state index contributed by atoms with van der Waals surface area (Å²) >= 11 is 7.35. The lowest BCUT2D eigenvalue weighted by atomic mass is 10.1. The van der Waals surface area contributed by atoms with E-state index in [1.165, 1.54) is 16.8 Å². The highest BCUT2D eigenvalue weighted by Crippen LogP contribution is 2.32. The summed E-state index contributed by atoms with van der Waals surface area (Å²) in [6.07, 6.45) is 1.73. The number of benzene rings is 2. The van der Waals surface area contributed by atoms with E-state index in [1.54, 1.807) is 6.08 Å². The summed E-state index contributed by atoms with van der Waals surface area (Å²) in [5, 5.41) is 16.5. The topological polar surface area (TPSA) is 73.8 Å². The van der Waals surface area contributed by atoms with Gasteiger partial charge in [0.15, 0.2) is 5.84 Å². The van der Waals surface area contributed by atoms with Gasteiger partial charge in [-0.1, -0.05) is 35.9 Å². The molecule has 33 heavy (non-hydrogen) atoms. The van der Waals surface area contributed by atoms with E-state index in [-0.39, 0.29) is 11.4 Å². The largest absolute Gasteiger partial charge is 0.318 e. The Kier molecular flexibility index (Phi) is 5.31. The predicted octanol–water partition coefficient (Wildman–Crippen LogP) is 5.72. The lowest BCUT2D eigenvalue weighted by Gasteiger charge is -2.20. The number of rotatable bonds is 3. The van der Waals surface area contributed by atoms with E-state index in [4.69, 9.17) is 17.0 Å². The molecule has 1 N–H and O–H groups in total. The molecule has 0 atom stereocenters. The van der Waals surface area contributed by atoms with Gasteiger partial charge in [-0.3, -0.25) is 10.2 Å². The van der Waals surface area contributed by atoms with Gasteiger partial charge in [0.05, 0.1) is 5.57 Å². The molecular weight excluding hydrogens is 454 g/mol. The summed E-state index contributed by atoms with van der Waals surface area (Å²) in [6.45, 7) is 6.00. The molecule has 2 aliphatic rings. The smallest absolute Gasteiger partial charge is 0.283 e. The number of amides is 1. The molecule has 0 unspecified atom stereocenters. The third-order valence-corrected chi connectivity index (χ3v) is 6.88. The van der Waals surface area contributed by atoms with E-state index in [1.807, 2.05) is 75.4 Å². The quantitative estimate of drug-likeness (QED) is 0.494. The van der Waals surface area contributed by atoms with Crippen LogP contribution in [0.2, 0.25) is 5.02 Å². The summed E-state index contributed by atoms with van der Waals surface area (Å²) in [4.78, 5) is 17.1. The number of hydrogen-bond donors (Lipinski definition) is 1. The van der Waals surface area contributed by atoms with Gasteiger partial charge >= 0.3 is 0 Å². The molecule has 3 heterocycles. The highest BCUT2D eigenvalue weighted by molar-refractivity contribution is 8.27. The average molecular weight is 474 g/mol. The van der Waals surface area contributed by atoms with Crippen LogP contribution < -0.4 is 0 Å². The molecule has 6 nitrogen and oxygen atoms in total. The number of carbonyl (C=O) groups excluding carboxylic acids is 1. The Labute approximate surface area is 200 Å². The second-order valence-corrected chi connectivity index (χ2v) is 9.27. The second kappa shape index (κ2) is 8.17. The van der Waals surface area contributed by atoms with Crippen molar-refractivity contribution in [2.45, 2.75) is 20.8 Å². The monoisotopic (exact) mass is 473 g/mol. The Morgan fingerprint density at radius 3 is 2.52 bits per heavy atom. The maximum absolute atomic E-state index is 12.9. The van der Waals surface area contributed by atoms with Gasteiger partial charge < -0.3 is 4.57 Å². The molecule has 0 spiro atoms. The molecule has 164 valence electrons. The van der Waals surface area contributed by atoms with Crippen LogP contribution in [0.15, 0.2) is 70.3 Å². The van der Waals surface area contributed by atoms with Crippen LogP contribution in [-0.2, 0) is 4.79 Å². The molecule has 0 saturated heterocycles. The van der Waals surface area contributed by atoms with Crippen LogP contribution in [0.25, 0.3) is 11.8 Å². The van der Waals surface area contributed by atoms with E-state index in [2.05, 4.69) is 14.7 Å². The lowest BCUT2D eigenvalue weighted by Crippen LogP contribution is -2.35. The van der Waals surface area contributed by atoms with E-state index in [0.29, 0.717) is 10.2 Å². The van der Waals surface area contributed by atoms with Crippen LogP contribution in [0.3, 0.4) is 0 Å². The van der Waals surface area contributed by atoms with Crippen molar-refractivity contribution in [3.63, 3.8) is 0 Å². The van der Waals surface area contributed by atoms with Crippen LogP contribution in [0, 0.1) is 26.2 Å². The molecule has 0 fully saturated rings. The summed E-state index contributed by atoms with van der Waals surface area (Å²) in [5.41, 5.74) is 6.06. The van der Waals surface area contributed by atoms with Crippen molar-refractivity contribution in [1.29, 1.82) is 5.41 Å². The highest BCUT2D eigenvalue weighted by Gasteiger charge is 2.36. The SMILES string of the molecule is Cc1ccccc1C1=NN2C(=N)/C(=C/c3cc(C)n(-c4ccc(Cl)cc4)c3C)C(=O)N=C2S1. The van der Waals surface area contributed by atoms with Crippen molar-refractivity contribution >= 4 is 51.4 Å². The van der Waals surface area contributed by atoms with E-state index < -0.39 is 5.91 Å². The number of thioether (sulfide) groups is 1. The molecule has 0 saturated carbocycles. The number of aromatic nitrogens is 1. The van der Waals surface area contributed by atoms with Gasteiger partial charge in [0, 0.05) is 27.7 Å². The molecule has 5 rings (SSSR count). The third kappa shape index (κ3) is 3.73. The number of carbonyl (C=O) groups is 1. The van der Waals surface area contributed by atoms with Crippen molar-refractivity contribution in [1.82, 2.24) is 9.58 Å². The molecule has 2 aliphatic heterocycles. The second-order valence-electron chi connectivity index (χ2n) is 7.88. The van der Waals surface area contributed by atoms with Crippen LogP contribution in [0.5, 0.6) is 0 Å². The van der Waals surface area contributed by atoms with Crippen molar-refractivity contribution in [2.24, 2.45) is 10.1 Å². The number of amidine groups is 2. The number of nitrogens with zero attached hydrogens (tertiary/aromatic N) is 4. The van der Waals surface area contributed by atoms with Crippen LogP contribution in [-0.4, -0.2) is 31.5 Å². The minimum Gasteiger partial charge on any atom is -0.318 e. The molecule has 3 aromatic rings. The normalized spacial score (nSPS) is 16.8. The molecule has 0 aliphatic carbocycles. The average Bonchev–Trinajstić information content (AvgIpc) is 3.33. The number of aryl methyl sites for hydroxylation is 2. The van der Waals surface area contributed by atoms with E-state index in [0.717, 1.165) is 38.8 Å². The molecule has 2 aromatic carbocycles. The summed E-state index contributed by atoms with van der Waals surface area (Å²) in [6, 6.07) is 17.5. The van der Waals surface area contributed by atoms with E-state index >= 15 is 0 Å². The number of hydrogen-bond acceptors (Lipinski definition) is 4. The zero-order valence-corrected chi connectivity index (χ0v) is 19.8. The Morgan fingerprint density at radius 2 is 1.79 bits per heavy atom. The highest BCUT2D eigenvalue weighted by atomic mass is 35.5. The van der Waals surface area contributed by atoms with Gasteiger partial charge in [-0.25, -0.2) is 0 Å². The molecule has 1 aromatic heterocycles. The van der Waals surface area contributed by atoms with Crippen molar-refractivity contribution in [3.05, 3.63) is 93.3 Å². The minimum atomic E-state index is -0.434. The Balaban J connectivity index is 1.52. The first-order valence-corrected chi connectivity index (χ1v) is 11.5. The van der Waals surface area contributed by atoms with Crippen molar-refractivity contribution < 1.29 is 4.79 Å². The molecule has 8 heteroatoms. The van der Waals surface area contributed by atoms with Crippen LogP contribution >= 0.6 is 23.4 Å². The molecule has 0 radical (unpaired) electrons. The third-order valence-electron chi connectivity index (χ3n) is 5.68. The van der Waals surface area contributed by atoms with Crippen LogP contribution in [0.4, 0.5) is 0 Å². The Hall–Kier alpha value is -3.42. The van der Waals surface area contributed by atoms with Gasteiger partial charge in [0.1, 0.15) is 5.04 Å². The molecule has 0 bridgehead atoms. The fraction of sp³-hybridized carbons (Fsp3) is 0.120. The van der Waals surface area contributed by atoms with Gasteiger partial charge in [-0.2, -0.15) is 15.1 Å². The zero-order chi connectivity index (χ0) is 23.3. The van der Waals surface area contributed by atoms with Gasteiger partial charge in [-0.05, 0) is 80.1 Å². The standard InChI is InChI=1S/C25H20ClN5OS/c1-14-6-4-5-7-20(14)24-29-31-22(27)21(23(32)28-25(31)33-24)13-17-12-15(2)30(16(17)3)19-10-8-18(26)9-11-19/h4-13,27H,1-3H3/b21-13-,27-22?. The lowest BCUT2D eigenvalue weighted by molar-refractivity contribution is -0.114. The van der Waals surface area contributed by atoms with Gasteiger partial charge in [-0.15, -0.1) is 0 Å². The van der Waals surface area contributed by atoms with Crippen molar-refractivity contribution in [3.8, 4) is 5.69 Å². The number of aliphatic imine (C=N–C) groups is 1. The summed E-state index contributed by atoms with van der Waals surface area (Å²) in [5.74, 6) is -0.409. The molecular formula is C25H20ClN5OS. The Bertz CT molecular complexity index is 1420. The fourth-order valence-corrected chi connectivity index (χ4v) is 5.10. The number of fused-ring (bicyclic) bond motifs is 1. The van der Waals surface area contributed by atoms with Crippen molar-refractivity contribution in [2.75, 3.05) is 0 Å². The van der Waals surface area contributed by atoms with E-state index in [9.17, 15) is 4.79 Å². The Morgan fingerprint density at radius 1 is 1.06 bits per heavy atom. The predicted molar refractivity (Wildman–Crippen MR) is 136 cm³/mol. The number of halogens is 1. The zero-order valence-electron chi connectivity index (χ0n) is 18.3. The fourth-order valence-electron chi connectivity index (χ4n) is 3.99. The minimum absolute atomic E-state index is 0.0254. The first-order chi connectivity index (χ1) is 15.8. The summed E-state index contributed by atoms with van der Waals surface area (Å²) < 4.78 is 2.09. The maximum atomic E-state index is 12.9. The first kappa shape index (κ1) is 21.4. The number of nitrogens with one attached hydrogen (secondary N) is 1. The van der Waals surface area contributed by atoms with Crippen LogP contribution in [0.1, 0.15) is 28.1 Å². The first-order valence-electron chi connectivity index (χ1n) is 10.3. The number of hydrazone groups is 1. The summed E-state index contributed by atoms with van der Waals surface area (Å²) in [7, 11) is 0.